The van der Waals surface area contributed by atoms with Crippen LogP contribution < -0.4 is 10.1 Å². The zero-order valence-corrected chi connectivity index (χ0v) is 19.3. The fraction of sp³-hybridized carbons (Fsp3) is 0.391. The summed E-state index contributed by atoms with van der Waals surface area (Å²) in [7, 11) is 0. The van der Waals surface area contributed by atoms with Crippen LogP contribution in [0.5, 0.6) is 5.75 Å². The molecule has 7 heteroatoms. The average molecular weight is 451 g/mol. The third-order valence-corrected chi connectivity index (χ3v) is 4.98. The van der Waals surface area contributed by atoms with Crippen molar-refractivity contribution in [2.24, 2.45) is 0 Å². The molecule has 0 radical (unpaired) electrons. The number of halogens is 2. The summed E-state index contributed by atoms with van der Waals surface area (Å²) in [6.07, 6.45) is 0.457. The standard InChI is InChI=1S/C23H28Cl2N2O3/c1-5-20(22(29)26-23(2,3)4)27(14-16-8-6-7-9-19(16)25)21(28)15-30-18-12-10-17(24)11-13-18/h6-13,20H,5,14-15H2,1-4H3,(H,26,29)/t20-/m1/s1. The predicted molar refractivity (Wildman–Crippen MR) is 121 cm³/mol. The van der Waals surface area contributed by atoms with E-state index in [9.17, 15) is 9.59 Å². The molecule has 2 aromatic carbocycles. The zero-order valence-electron chi connectivity index (χ0n) is 17.7. The van der Waals surface area contributed by atoms with Gasteiger partial charge < -0.3 is 15.0 Å². The molecule has 1 atom stereocenters. The molecule has 0 unspecified atom stereocenters. The van der Waals surface area contributed by atoms with Crippen LogP contribution in [0, 0.1) is 0 Å². The fourth-order valence-corrected chi connectivity index (χ4v) is 3.26. The molecular formula is C23H28Cl2N2O3. The Morgan fingerprint density at radius 3 is 2.27 bits per heavy atom. The summed E-state index contributed by atoms with van der Waals surface area (Å²) < 4.78 is 5.63. The normalized spacial score (nSPS) is 12.2. The molecule has 0 aliphatic carbocycles. The van der Waals surface area contributed by atoms with E-state index < -0.39 is 11.6 Å². The number of hydrogen-bond donors (Lipinski definition) is 1. The van der Waals surface area contributed by atoms with Gasteiger partial charge in [-0.05, 0) is 63.1 Å². The van der Waals surface area contributed by atoms with Crippen molar-refractivity contribution < 1.29 is 14.3 Å². The van der Waals surface area contributed by atoms with Crippen molar-refractivity contribution in [3.8, 4) is 5.75 Å². The molecule has 2 aromatic rings. The van der Waals surface area contributed by atoms with Crippen LogP contribution in [0.1, 0.15) is 39.7 Å². The van der Waals surface area contributed by atoms with E-state index in [4.69, 9.17) is 27.9 Å². The van der Waals surface area contributed by atoms with Gasteiger partial charge in [-0.25, -0.2) is 0 Å². The van der Waals surface area contributed by atoms with Gasteiger partial charge in [-0.1, -0.05) is 48.3 Å². The summed E-state index contributed by atoms with van der Waals surface area (Å²) in [4.78, 5) is 27.6. The van der Waals surface area contributed by atoms with Gasteiger partial charge in [0.2, 0.25) is 5.91 Å². The van der Waals surface area contributed by atoms with Crippen molar-refractivity contribution in [2.75, 3.05) is 6.61 Å². The molecule has 2 rings (SSSR count). The quantitative estimate of drug-likeness (QED) is 0.608. The molecule has 0 saturated heterocycles. The number of rotatable bonds is 8. The van der Waals surface area contributed by atoms with Crippen molar-refractivity contribution in [3.63, 3.8) is 0 Å². The third-order valence-electron chi connectivity index (χ3n) is 4.36. The largest absolute Gasteiger partial charge is 0.484 e. The minimum atomic E-state index is -0.651. The Balaban J connectivity index is 2.24. The number of hydrogen-bond acceptors (Lipinski definition) is 3. The van der Waals surface area contributed by atoms with Gasteiger partial charge in [0.25, 0.3) is 5.91 Å². The van der Waals surface area contributed by atoms with E-state index in [0.29, 0.717) is 22.2 Å². The molecule has 162 valence electrons. The van der Waals surface area contributed by atoms with Gasteiger partial charge in [-0.2, -0.15) is 0 Å². The molecule has 1 N–H and O–H groups in total. The molecular weight excluding hydrogens is 423 g/mol. The number of amides is 2. The number of benzene rings is 2. The lowest BCUT2D eigenvalue weighted by Gasteiger charge is -2.33. The molecule has 0 heterocycles. The molecule has 0 aromatic heterocycles. The fourth-order valence-electron chi connectivity index (χ4n) is 2.94. The van der Waals surface area contributed by atoms with Gasteiger partial charge in [0.05, 0.1) is 0 Å². The number of ether oxygens (including phenoxy) is 1. The van der Waals surface area contributed by atoms with Crippen LogP contribution in [0.3, 0.4) is 0 Å². The zero-order chi connectivity index (χ0) is 22.3. The summed E-state index contributed by atoms with van der Waals surface area (Å²) in [5.74, 6) is 0.00955. The first-order valence-electron chi connectivity index (χ1n) is 9.84. The minimum absolute atomic E-state index is 0.203. The molecule has 2 amide bonds. The lowest BCUT2D eigenvalue weighted by molar-refractivity contribution is -0.143. The summed E-state index contributed by atoms with van der Waals surface area (Å²) in [5, 5.41) is 4.09. The minimum Gasteiger partial charge on any atom is -0.484 e. The maximum absolute atomic E-state index is 13.1. The second-order valence-corrected chi connectivity index (χ2v) is 8.86. The van der Waals surface area contributed by atoms with Crippen molar-refractivity contribution >= 4 is 35.0 Å². The van der Waals surface area contributed by atoms with Crippen LogP contribution in [0.4, 0.5) is 0 Å². The van der Waals surface area contributed by atoms with E-state index in [2.05, 4.69) is 5.32 Å². The van der Waals surface area contributed by atoms with Crippen molar-refractivity contribution in [1.82, 2.24) is 10.2 Å². The van der Waals surface area contributed by atoms with Gasteiger partial charge >= 0.3 is 0 Å². The third kappa shape index (κ3) is 7.22. The van der Waals surface area contributed by atoms with E-state index in [1.807, 2.05) is 45.9 Å². The Bertz CT molecular complexity index is 863. The first-order valence-corrected chi connectivity index (χ1v) is 10.6. The number of nitrogens with one attached hydrogen (secondary N) is 1. The molecule has 0 spiro atoms. The Morgan fingerprint density at radius 2 is 1.70 bits per heavy atom. The maximum Gasteiger partial charge on any atom is 0.261 e. The first kappa shape index (κ1) is 24.0. The molecule has 0 bridgehead atoms. The molecule has 5 nitrogen and oxygen atoms in total. The highest BCUT2D eigenvalue weighted by molar-refractivity contribution is 6.31. The Kier molecular flexibility index (Phi) is 8.56. The van der Waals surface area contributed by atoms with Gasteiger partial charge in [-0.15, -0.1) is 0 Å². The number of carbonyl (C=O) groups excluding carboxylic acids is 2. The van der Waals surface area contributed by atoms with Crippen molar-refractivity contribution in [3.05, 3.63) is 64.1 Å². The average Bonchev–Trinajstić information content (AvgIpc) is 2.67. The highest BCUT2D eigenvalue weighted by Gasteiger charge is 2.31. The van der Waals surface area contributed by atoms with Gasteiger partial charge in [0.15, 0.2) is 6.61 Å². The van der Waals surface area contributed by atoms with Crippen LogP contribution >= 0.6 is 23.2 Å². The Labute approximate surface area is 188 Å². The summed E-state index contributed by atoms with van der Waals surface area (Å²) in [5.41, 5.74) is 0.352. The van der Waals surface area contributed by atoms with Gasteiger partial charge in [0, 0.05) is 22.1 Å². The van der Waals surface area contributed by atoms with Gasteiger partial charge in [0.1, 0.15) is 11.8 Å². The summed E-state index contributed by atoms with van der Waals surface area (Å²) >= 11 is 12.2. The van der Waals surface area contributed by atoms with Crippen LogP contribution in [-0.4, -0.2) is 34.9 Å². The van der Waals surface area contributed by atoms with Crippen molar-refractivity contribution in [1.29, 1.82) is 0 Å². The smallest absolute Gasteiger partial charge is 0.261 e. The van der Waals surface area contributed by atoms with E-state index >= 15 is 0 Å². The second-order valence-electron chi connectivity index (χ2n) is 8.02. The predicted octanol–water partition coefficient (Wildman–Crippen LogP) is 5.09. The lowest BCUT2D eigenvalue weighted by Crippen LogP contribution is -2.54. The molecule has 30 heavy (non-hydrogen) atoms. The summed E-state index contributed by atoms with van der Waals surface area (Å²) in [6.45, 7) is 7.59. The molecule has 0 aliphatic heterocycles. The lowest BCUT2D eigenvalue weighted by atomic mass is 10.1. The summed E-state index contributed by atoms with van der Waals surface area (Å²) in [6, 6.07) is 13.4. The van der Waals surface area contributed by atoms with Crippen LogP contribution in [0.25, 0.3) is 0 Å². The molecule has 0 saturated carbocycles. The van der Waals surface area contributed by atoms with E-state index in [1.165, 1.54) is 4.90 Å². The number of nitrogens with zero attached hydrogens (tertiary/aromatic N) is 1. The van der Waals surface area contributed by atoms with E-state index in [0.717, 1.165) is 5.56 Å². The van der Waals surface area contributed by atoms with Crippen molar-refractivity contribution in [2.45, 2.75) is 52.2 Å². The second kappa shape index (κ2) is 10.7. The van der Waals surface area contributed by atoms with Crippen LogP contribution in [-0.2, 0) is 16.1 Å². The number of carbonyl (C=O) groups is 2. The topological polar surface area (TPSA) is 58.6 Å². The molecule has 0 fully saturated rings. The molecule has 0 aliphatic rings. The monoisotopic (exact) mass is 450 g/mol. The van der Waals surface area contributed by atoms with E-state index in [-0.39, 0.29) is 25.0 Å². The Morgan fingerprint density at radius 1 is 1.07 bits per heavy atom. The first-order chi connectivity index (χ1) is 14.1. The highest BCUT2D eigenvalue weighted by Crippen LogP contribution is 2.21. The van der Waals surface area contributed by atoms with Gasteiger partial charge in [-0.3, -0.25) is 9.59 Å². The van der Waals surface area contributed by atoms with Crippen LogP contribution in [0.15, 0.2) is 48.5 Å². The van der Waals surface area contributed by atoms with E-state index in [1.54, 1.807) is 30.3 Å². The van der Waals surface area contributed by atoms with Crippen LogP contribution in [0.2, 0.25) is 10.0 Å². The maximum atomic E-state index is 13.1. The highest BCUT2D eigenvalue weighted by atomic mass is 35.5. The Hall–Kier alpha value is -2.24. The SMILES string of the molecule is CC[C@H](C(=O)NC(C)(C)C)N(Cc1ccccc1Cl)C(=O)COc1ccc(Cl)cc1.